The smallest absolute Gasteiger partial charge is 0.276 e. The van der Waals surface area contributed by atoms with Gasteiger partial charge in [-0.1, -0.05) is 46.3 Å². The lowest BCUT2D eigenvalue weighted by molar-refractivity contribution is -0.121. The molecule has 2 aromatic rings. The Hall–Kier alpha value is -2.18. The third kappa shape index (κ3) is 3.75. The van der Waals surface area contributed by atoms with Gasteiger partial charge >= 0.3 is 0 Å². The van der Waals surface area contributed by atoms with E-state index in [9.17, 15) is 4.79 Å². The van der Waals surface area contributed by atoms with Crippen molar-refractivity contribution in [1.29, 1.82) is 0 Å². The minimum absolute atomic E-state index is 0.124. The highest BCUT2D eigenvalue weighted by atomic mass is 79.9. The fourth-order valence-electron chi connectivity index (χ4n) is 2.53. The summed E-state index contributed by atoms with van der Waals surface area (Å²) in [5.74, 6) is 0.586. The van der Waals surface area contributed by atoms with Crippen LogP contribution in [0.15, 0.2) is 58.7 Å². The Morgan fingerprint density at radius 2 is 1.84 bits per heavy atom. The molecule has 1 saturated heterocycles. The highest BCUT2D eigenvalue weighted by molar-refractivity contribution is 9.10. The maximum Gasteiger partial charge on any atom is 0.276 e. The van der Waals surface area contributed by atoms with Gasteiger partial charge in [-0.25, -0.2) is 0 Å². The van der Waals surface area contributed by atoms with Crippen LogP contribution in [0.1, 0.15) is 11.1 Å². The lowest BCUT2D eigenvalue weighted by Gasteiger charge is -2.13. The Morgan fingerprint density at radius 1 is 1.12 bits per heavy atom. The number of hydrogen-bond acceptors (Lipinski definition) is 3. The number of benzene rings is 2. The minimum atomic E-state index is -0.124. The molecule has 0 radical (unpaired) electrons. The van der Waals surface area contributed by atoms with Crippen LogP contribution in [0, 0.1) is 0 Å². The number of carbonyl (C=O) groups is 1. The van der Waals surface area contributed by atoms with Gasteiger partial charge in [0.1, 0.15) is 18.1 Å². The predicted molar refractivity (Wildman–Crippen MR) is 106 cm³/mol. The molecule has 0 spiro atoms. The summed E-state index contributed by atoms with van der Waals surface area (Å²) in [6.45, 7) is 0.459. The van der Waals surface area contributed by atoms with Gasteiger partial charge in [0.05, 0.1) is 0 Å². The number of thiocarbonyl (C=S) groups is 1. The van der Waals surface area contributed by atoms with E-state index in [1.807, 2.05) is 54.6 Å². The molecule has 0 unspecified atom stereocenters. The number of carbonyl (C=O) groups excluding carboxylic acids is 1. The first kappa shape index (κ1) is 17.6. The zero-order valence-electron chi connectivity index (χ0n) is 13.9. The van der Waals surface area contributed by atoms with Gasteiger partial charge in [0.2, 0.25) is 0 Å². The molecule has 1 fully saturated rings. The quantitative estimate of drug-likeness (QED) is 0.555. The third-order valence-electron chi connectivity index (χ3n) is 3.96. The van der Waals surface area contributed by atoms with Crippen molar-refractivity contribution in [1.82, 2.24) is 9.80 Å². The molecular formula is C19H17BrN2O2S. The van der Waals surface area contributed by atoms with Gasteiger partial charge in [-0.05, 0) is 42.1 Å². The molecule has 2 aromatic carbocycles. The zero-order chi connectivity index (χ0) is 18.0. The predicted octanol–water partition coefficient (Wildman–Crippen LogP) is 4.06. The van der Waals surface area contributed by atoms with E-state index in [1.54, 1.807) is 19.0 Å². The van der Waals surface area contributed by atoms with Crippen molar-refractivity contribution in [3.8, 4) is 5.75 Å². The van der Waals surface area contributed by atoms with Crippen LogP contribution in [-0.2, 0) is 11.4 Å². The van der Waals surface area contributed by atoms with Gasteiger partial charge < -0.3 is 9.64 Å². The first-order valence-electron chi connectivity index (χ1n) is 7.71. The average Bonchev–Trinajstić information content (AvgIpc) is 2.80. The first-order valence-corrected chi connectivity index (χ1v) is 8.91. The average molecular weight is 417 g/mol. The van der Waals surface area contributed by atoms with E-state index in [4.69, 9.17) is 17.0 Å². The molecule has 0 N–H and O–H groups in total. The fraction of sp³-hybridized carbons (Fsp3) is 0.158. The van der Waals surface area contributed by atoms with Crippen LogP contribution in [0.25, 0.3) is 6.08 Å². The summed E-state index contributed by atoms with van der Waals surface area (Å²) >= 11 is 8.73. The summed E-state index contributed by atoms with van der Waals surface area (Å²) in [6, 6.07) is 15.7. The molecule has 4 nitrogen and oxygen atoms in total. The highest BCUT2D eigenvalue weighted by Gasteiger charge is 2.32. The first-order chi connectivity index (χ1) is 12.0. The molecule has 0 saturated carbocycles. The lowest BCUT2D eigenvalue weighted by Crippen LogP contribution is -2.26. The molecule has 0 atom stereocenters. The van der Waals surface area contributed by atoms with E-state index >= 15 is 0 Å². The molecule has 128 valence electrons. The van der Waals surface area contributed by atoms with Crippen LogP contribution in [0.5, 0.6) is 5.75 Å². The Labute approximate surface area is 160 Å². The highest BCUT2D eigenvalue weighted by Crippen LogP contribution is 2.29. The molecule has 0 bridgehead atoms. The van der Waals surface area contributed by atoms with Crippen molar-refractivity contribution in [2.45, 2.75) is 6.61 Å². The Bertz CT molecular complexity index is 852. The van der Waals surface area contributed by atoms with Crippen molar-refractivity contribution in [2.24, 2.45) is 0 Å². The van der Waals surface area contributed by atoms with Crippen LogP contribution in [0.4, 0.5) is 0 Å². The SMILES string of the molecule is CN1C(=O)/C(=C\c2cc(Br)ccc2OCc2ccccc2)N(C)C1=S. The molecule has 0 aromatic heterocycles. The zero-order valence-corrected chi connectivity index (χ0v) is 16.3. The molecule has 1 heterocycles. The number of likely N-dealkylation sites (N-methyl/N-ethyl adjacent to an activating group) is 2. The molecule has 1 amide bonds. The second-order valence-electron chi connectivity index (χ2n) is 5.69. The van der Waals surface area contributed by atoms with Crippen molar-refractivity contribution < 1.29 is 9.53 Å². The monoisotopic (exact) mass is 416 g/mol. The number of halogens is 1. The summed E-state index contributed by atoms with van der Waals surface area (Å²) in [5.41, 5.74) is 2.42. The molecule has 3 rings (SSSR count). The summed E-state index contributed by atoms with van der Waals surface area (Å²) in [4.78, 5) is 15.6. The van der Waals surface area contributed by atoms with E-state index in [0.717, 1.165) is 15.6 Å². The molecule has 25 heavy (non-hydrogen) atoms. The molecule has 1 aliphatic rings. The van der Waals surface area contributed by atoms with Crippen molar-refractivity contribution in [2.75, 3.05) is 14.1 Å². The van der Waals surface area contributed by atoms with Gasteiger partial charge in [0, 0.05) is 24.1 Å². The maximum atomic E-state index is 12.4. The Morgan fingerprint density at radius 3 is 2.48 bits per heavy atom. The standard InChI is InChI=1S/C19H17BrN2O2S/c1-21-16(18(23)22(2)19(21)25)11-14-10-15(20)8-9-17(14)24-12-13-6-4-3-5-7-13/h3-11H,12H2,1-2H3/b16-11+. The summed E-state index contributed by atoms with van der Waals surface area (Å²) in [6.07, 6.45) is 1.81. The van der Waals surface area contributed by atoms with Crippen LogP contribution in [-0.4, -0.2) is 34.9 Å². The number of nitrogens with zero attached hydrogens (tertiary/aromatic N) is 2. The summed E-state index contributed by atoms with van der Waals surface area (Å²) < 4.78 is 6.88. The number of hydrogen-bond donors (Lipinski definition) is 0. The van der Waals surface area contributed by atoms with Gasteiger partial charge in [0.15, 0.2) is 5.11 Å². The molecule has 1 aliphatic heterocycles. The topological polar surface area (TPSA) is 32.8 Å². The second kappa shape index (κ2) is 7.37. The van der Waals surface area contributed by atoms with Crippen LogP contribution in [0.2, 0.25) is 0 Å². The van der Waals surface area contributed by atoms with Crippen molar-refractivity contribution in [3.63, 3.8) is 0 Å². The lowest BCUT2D eigenvalue weighted by atomic mass is 10.1. The Balaban J connectivity index is 1.91. The van der Waals surface area contributed by atoms with E-state index in [2.05, 4.69) is 15.9 Å². The van der Waals surface area contributed by atoms with Gasteiger partial charge in [-0.2, -0.15) is 0 Å². The maximum absolute atomic E-state index is 12.4. The van der Waals surface area contributed by atoms with Crippen LogP contribution in [0.3, 0.4) is 0 Å². The normalized spacial score (nSPS) is 16.0. The molecule has 0 aliphatic carbocycles. The van der Waals surface area contributed by atoms with E-state index in [1.165, 1.54) is 4.90 Å². The second-order valence-corrected chi connectivity index (χ2v) is 6.97. The number of amides is 1. The van der Waals surface area contributed by atoms with E-state index in [-0.39, 0.29) is 5.91 Å². The largest absolute Gasteiger partial charge is 0.488 e. The van der Waals surface area contributed by atoms with E-state index < -0.39 is 0 Å². The van der Waals surface area contributed by atoms with Gasteiger partial charge in [0.25, 0.3) is 5.91 Å². The fourth-order valence-corrected chi connectivity index (χ4v) is 3.09. The number of ether oxygens (including phenoxy) is 1. The van der Waals surface area contributed by atoms with Crippen molar-refractivity contribution in [3.05, 3.63) is 69.8 Å². The summed E-state index contributed by atoms with van der Waals surface area (Å²) in [5, 5.41) is 0.484. The molecule has 6 heteroatoms. The summed E-state index contributed by atoms with van der Waals surface area (Å²) in [7, 11) is 3.47. The molecular weight excluding hydrogens is 400 g/mol. The van der Waals surface area contributed by atoms with E-state index in [0.29, 0.717) is 23.2 Å². The van der Waals surface area contributed by atoms with Crippen LogP contribution < -0.4 is 4.74 Å². The van der Waals surface area contributed by atoms with Gasteiger partial charge in [-0.3, -0.25) is 9.69 Å². The number of rotatable bonds is 4. The van der Waals surface area contributed by atoms with Crippen molar-refractivity contribution >= 4 is 45.2 Å². The van der Waals surface area contributed by atoms with Gasteiger partial charge in [-0.15, -0.1) is 0 Å². The minimum Gasteiger partial charge on any atom is -0.488 e. The van der Waals surface area contributed by atoms with Crippen LogP contribution >= 0.6 is 28.1 Å². The third-order valence-corrected chi connectivity index (χ3v) is 5.00. The Kier molecular flexibility index (Phi) is 5.20.